The Kier molecular flexibility index (Phi) is 4.00. The van der Waals surface area contributed by atoms with Crippen LogP contribution in [0.4, 0.5) is 0 Å². The standard InChI is InChI=1S/C14H22N2O/c1-3-16(13-6-4-5-7-13)11-14(17)12-8-9-15(2)10-12/h8-10,13H,3-7,11H2,1-2H3. The van der Waals surface area contributed by atoms with Crippen molar-refractivity contribution in [2.45, 2.75) is 38.6 Å². The van der Waals surface area contributed by atoms with Crippen molar-refractivity contribution < 1.29 is 4.79 Å². The van der Waals surface area contributed by atoms with E-state index in [-0.39, 0.29) is 5.78 Å². The van der Waals surface area contributed by atoms with Crippen LogP contribution in [0.25, 0.3) is 0 Å². The number of hydrogen-bond acceptors (Lipinski definition) is 2. The van der Waals surface area contributed by atoms with E-state index in [0.29, 0.717) is 12.6 Å². The third-order valence-electron chi connectivity index (χ3n) is 3.75. The monoisotopic (exact) mass is 234 g/mol. The maximum absolute atomic E-state index is 12.1. The second-order valence-electron chi connectivity index (χ2n) is 4.99. The van der Waals surface area contributed by atoms with Crippen LogP contribution in [0.1, 0.15) is 43.0 Å². The van der Waals surface area contributed by atoms with Gasteiger partial charge in [0.2, 0.25) is 0 Å². The summed E-state index contributed by atoms with van der Waals surface area (Å²) in [4.78, 5) is 14.5. The fourth-order valence-electron chi connectivity index (χ4n) is 2.71. The summed E-state index contributed by atoms with van der Waals surface area (Å²) < 4.78 is 1.93. The van der Waals surface area contributed by atoms with Crippen molar-refractivity contribution in [3.05, 3.63) is 24.0 Å². The fourth-order valence-corrected chi connectivity index (χ4v) is 2.71. The molecule has 1 fully saturated rings. The maximum Gasteiger partial charge on any atom is 0.178 e. The first-order valence-electron chi connectivity index (χ1n) is 6.60. The number of aryl methyl sites for hydroxylation is 1. The first kappa shape index (κ1) is 12.4. The molecule has 0 N–H and O–H groups in total. The molecule has 0 aliphatic heterocycles. The van der Waals surface area contributed by atoms with Gasteiger partial charge in [0.25, 0.3) is 0 Å². The predicted octanol–water partition coefficient (Wildman–Crippen LogP) is 2.47. The Morgan fingerprint density at radius 2 is 2.18 bits per heavy atom. The van der Waals surface area contributed by atoms with Crippen molar-refractivity contribution in [1.82, 2.24) is 9.47 Å². The molecular weight excluding hydrogens is 212 g/mol. The second-order valence-corrected chi connectivity index (χ2v) is 4.99. The highest BCUT2D eigenvalue weighted by atomic mass is 16.1. The number of hydrogen-bond donors (Lipinski definition) is 0. The Bertz CT molecular complexity index is 377. The van der Waals surface area contributed by atoms with Gasteiger partial charge in [0.1, 0.15) is 0 Å². The lowest BCUT2D eigenvalue weighted by Crippen LogP contribution is -2.37. The molecule has 94 valence electrons. The van der Waals surface area contributed by atoms with Gasteiger partial charge in [-0.1, -0.05) is 19.8 Å². The van der Waals surface area contributed by atoms with Crippen molar-refractivity contribution in [3.63, 3.8) is 0 Å². The zero-order chi connectivity index (χ0) is 12.3. The highest BCUT2D eigenvalue weighted by molar-refractivity contribution is 5.97. The van der Waals surface area contributed by atoms with Crippen LogP contribution in [0.3, 0.4) is 0 Å². The van der Waals surface area contributed by atoms with E-state index in [1.54, 1.807) is 0 Å². The lowest BCUT2D eigenvalue weighted by atomic mass is 10.1. The molecule has 0 bridgehead atoms. The third-order valence-corrected chi connectivity index (χ3v) is 3.75. The molecule has 1 aromatic heterocycles. The molecule has 3 nitrogen and oxygen atoms in total. The van der Waals surface area contributed by atoms with Crippen molar-refractivity contribution in [2.75, 3.05) is 13.1 Å². The predicted molar refractivity (Wildman–Crippen MR) is 69.2 cm³/mol. The van der Waals surface area contributed by atoms with E-state index in [0.717, 1.165) is 12.1 Å². The van der Waals surface area contributed by atoms with Gasteiger partial charge in [-0.15, -0.1) is 0 Å². The van der Waals surface area contributed by atoms with Crippen LogP contribution in [-0.2, 0) is 7.05 Å². The molecule has 2 rings (SSSR count). The Morgan fingerprint density at radius 3 is 2.71 bits per heavy atom. The topological polar surface area (TPSA) is 25.2 Å². The van der Waals surface area contributed by atoms with Crippen LogP contribution in [-0.4, -0.2) is 34.4 Å². The van der Waals surface area contributed by atoms with E-state index in [1.807, 2.05) is 30.1 Å². The van der Waals surface area contributed by atoms with E-state index in [9.17, 15) is 4.79 Å². The molecule has 1 saturated carbocycles. The maximum atomic E-state index is 12.1. The van der Waals surface area contributed by atoms with E-state index in [4.69, 9.17) is 0 Å². The number of likely N-dealkylation sites (N-methyl/N-ethyl adjacent to an activating group) is 1. The molecule has 0 saturated heterocycles. The Balaban J connectivity index is 1.96. The molecule has 1 heterocycles. The van der Waals surface area contributed by atoms with Crippen molar-refractivity contribution >= 4 is 5.78 Å². The number of carbonyl (C=O) groups is 1. The van der Waals surface area contributed by atoms with Crippen LogP contribution < -0.4 is 0 Å². The average molecular weight is 234 g/mol. The van der Waals surface area contributed by atoms with Gasteiger partial charge in [0.05, 0.1) is 6.54 Å². The highest BCUT2D eigenvalue weighted by Crippen LogP contribution is 2.23. The van der Waals surface area contributed by atoms with Gasteiger partial charge in [-0.25, -0.2) is 0 Å². The summed E-state index contributed by atoms with van der Waals surface area (Å²) in [5.41, 5.74) is 0.837. The van der Waals surface area contributed by atoms with Gasteiger partial charge < -0.3 is 4.57 Å². The number of Topliss-reactive ketones (excluding diaryl/α,β-unsaturated/α-hetero) is 1. The molecule has 0 aromatic carbocycles. The highest BCUT2D eigenvalue weighted by Gasteiger charge is 2.23. The summed E-state index contributed by atoms with van der Waals surface area (Å²) in [6.07, 6.45) is 9.00. The SMILES string of the molecule is CCN(CC(=O)c1ccn(C)c1)C1CCCC1. The molecule has 0 amide bonds. The molecule has 3 heteroatoms. The van der Waals surface area contributed by atoms with Gasteiger partial charge in [-0.05, 0) is 25.5 Å². The molecule has 1 aliphatic rings. The van der Waals surface area contributed by atoms with Crippen LogP contribution in [0, 0.1) is 0 Å². The van der Waals surface area contributed by atoms with Gasteiger partial charge in [0, 0.05) is 31.0 Å². The van der Waals surface area contributed by atoms with Crippen LogP contribution in [0.2, 0.25) is 0 Å². The van der Waals surface area contributed by atoms with Crippen molar-refractivity contribution in [1.29, 1.82) is 0 Å². The minimum Gasteiger partial charge on any atom is -0.357 e. The molecule has 0 atom stereocenters. The molecular formula is C14H22N2O. The van der Waals surface area contributed by atoms with Crippen LogP contribution in [0.5, 0.6) is 0 Å². The van der Waals surface area contributed by atoms with Gasteiger partial charge in [0.15, 0.2) is 5.78 Å². The third kappa shape index (κ3) is 2.97. The number of ketones is 1. The number of aromatic nitrogens is 1. The van der Waals surface area contributed by atoms with E-state index in [1.165, 1.54) is 25.7 Å². The summed E-state index contributed by atoms with van der Waals surface area (Å²) >= 11 is 0. The zero-order valence-corrected chi connectivity index (χ0v) is 10.9. The smallest absolute Gasteiger partial charge is 0.178 e. The fraction of sp³-hybridized carbons (Fsp3) is 0.643. The summed E-state index contributed by atoms with van der Waals surface area (Å²) in [6, 6.07) is 2.54. The quantitative estimate of drug-likeness (QED) is 0.731. The molecule has 17 heavy (non-hydrogen) atoms. The average Bonchev–Trinajstić information content (AvgIpc) is 2.96. The molecule has 0 unspecified atom stereocenters. The van der Waals surface area contributed by atoms with Crippen molar-refractivity contribution in [3.8, 4) is 0 Å². The molecule has 1 aliphatic carbocycles. The Labute approximate surface area is 103 Å². The summed E-state index contributed by atoms with van der Waals surface area (Å²) in [5.74, 6) is 0.249. The summed E-state index contributed by atoms with van der Waals surface area (Å²) in [6.45, 7) is 3.70. The van der Waals surface area contributed by atoms with Crippen LogP contribution in [0.15, 0.2) is 18.5 Å². The largest absolute Gasteiger partial charge is 0.357 e. The minimum atomic E-state index is 0.249. The summed E-state index contributed by atoms with van der Waals surface area (Å²) in [7, 11) is 1.95. The first-order chi connectivity index (χ1) is 8.20. The molecule has 1 aromatic rings. The van der Waals surface area contributed by atoms with Gasteiger partial charge >= 0.3 is 0 Å². The second kappa shape index (κ2) is 5.50. The lowest BCUT2D eigenvalue weighted by molar-refractivity contribution is 0.0899. The van der Waals surface area contributed by atoms with Crippen LogP contribution >= 0.6 is 0 Å². The molecule has 0 spiro atoms. The first-order valence-corrected chi connectivity index (χ1v) is 6.60. The van der Waals surface area contributed by atoms with E-state index < -0.39 is 0 Å². The Hall–Kier alpha value is -1.09. The van der Waals surface area contributed by atoms with Gasteiger partial charge in [-0.3, -0.25) is 9.69 Å². The zero-order valence-electron chi connectivity index (χ0n) is 10.9. The van der Waals surface area contributed by atoms with E-state index in [2.05, 4.69) is 11.8 Å². The number of carbonyl (C=O) groups excluding carboxylic acids is 1. The van der Waals surface area contributed by atoms with E-state index >= 15 is 0 Å². The van der Waals surface area contributed by atoms with Gasteiger partial charge in [-0.2, -0.15) is 0 Å². The molecule has 0 radical (unpaired) electrons. The number of rotatable bonds is 5. The lowest BCUT2D eigenvalue weighted by Gasteiger charge is -2.26. The normalized spacial score (nSPS) is 16.9. The number of nitrogens with zero attached hydrogens (tertiary/aromatic N) is 2. The Morgan fingerprint density at radius 1 is 1.47 bits per heavy atom. The summed E-state index contributed by atoms with van der Waals surface area (Å²) in [5, 5.41) is 0. The van der Waals surface area contributed by atoms with Crippen molar-refractivity contribution in [2.24, 2.45) is 7.05 Å². The minimum absolute atomic E-state index is 0.249.